The number of hydrogen-bond donors (Lipinski definition) is 1. The van der Waals surface area contributed by atoms with Crippen molar-refractivity contribution in [2.24, 2.45) is 0 Å². The summed E-state index contributed by atoms with van der Waals surface area (Å²) >= 11 is 3.38. The van der Waals surface area contributed by atoms with E-state index in [1.807, 2.05) is 39.0 Å². The molecule has 5 nitrogen and oxygen atoms in total. The van der Waals surface area contributed by atoms with Crippen LogP contribution in [0, 0.1) is 20.8 Å². The van der Waals surface area contributed by atoms with Crippen LogP contribution in [0.15, 0.2) is 76.1 Å². The van der Waals surface area contributed by atoms with E-state index in [0.717, 1.165) is 25.5 Å². The van der Waals surface area contributed by atoms with Gasteiger partial charge in [-0.1, -0.05) is 57.4 Å². The second-order valence-electron chi connectivity index (χ2n) is 7.17. The highest BCUT2D eigenvalue weighted by Crippen LogP contribution is 2.27. The van der Waals surface area contributed by atoms with Gasteiger partial charge < -0.3 is 5.32 Å². The first-order valence-electron chi connectivity index (χ1n) is 9.39. The third-order valence-corrected chi connectivity index (χ3v) is 6.93. The molecule has 3 aromatic rings. The van der Waals surface area contributed by atoms with Gasteiger partial charge in [0.15, 0.2) is 0 Å². The number of amides is 1. The number of carbonyl (C=O) groups is 1. The molecule has 0 aliphatic carbocycles. The van der Waals surface area contributed by atoms with Gasteiger partial charge in [0.05, 0.1) is 10.6 Å². The summed E-state index contributed by atoms with van der Waals surface area (Å²) in [6.45, 7) is 5.42. The number of rotatable bonds is 6. The van der Waals surface area contributed by atoms with E-state index in [-0.39, 0.29) is 11.4 Å². The minimum absolute atomic E-state index is 0.132. The lowest BCUT2D eigenvalue weighted by Gasteiger charge is -2.24. The normalized spacial score (nSPS) is 11.2. The monoisotopic (exact) mass is 486 g/mol. The van der Waals surface area contributed by atoms with E-state index in [9.17, 15) is 13.2 Å². The van der Waals surface area contributed by atoms with Gasteiger partial charge in [0.1, 0.15) is 6.54 Å². The number of nitrogens with one attached hydrogen (secondary N) is 1. The molecule has 156 valence electrons. The Labute approximate surface area is 185 Å². The standard InChI is InChI=1S/C23H23BrN2O3S/c1-16-7-10-21(11-8-16)30(28,29)26(20-6-4-5-19(24)14-20)15-23(27)25-22-12-9-17(2)13-18(22)3/h4-14H,15H2,1-3H3,(H,25,27). The first-order valence-corrected chi connectivity index (χ1v) is 11.6. The highest BCUT2D eigenvalue weighted by molar-refractivity contribution is 9.10. The average Bonchev–Trinajstić information content (AvgIpc) is 2.68. The largest absolute Gasteiger partial charge is 0.324 e. The summed E-state index contributed by atoms with van der Waals surface area (Å²) in [7, 11) is -3.94. The van der Waals surface area contributed by atoms with Crippen LogP contribution in [0.1, 0.15) is 16.7 Å². The Morgan fingerprint density at radius 2 is 1.60 bits per heavy atom. The van der Waals surface area contributed by atoms with Crippen LogP contribution in [0.3, 0.4) is 0 Å². The maximum Gasteiger partial charge on any atom is 0.264 e. The lowest BCUT2D eigenvalue weighted by Crippen LogP contribution is -2.38. The van der Waals surface area contributed by atoms with Crippen LogP contribution in [-0.4, -0.2) is 20.9 Å². The van der Waals surface area contributed by atoms with Gasteiger partial charge in [-0.25, -0.2) is 8.42 Å². The van der Waals surface area contributed by atoms with E-state index in [1.165, 1.54) is 0 Å². The summed E-state index contributed by atoms with van der Waals surface area (Å²) in [5.41, 5.74) is 4.02. The summed E-state index contributed by atoms with van der Waals surface area (Å²) in [4.78, 5) is 13.0. The molecule has 0 saturated carbocycles. The van der Waals surface area contributed by atoms with E-state index < -0.39 is 15.9 Å². The Hall–Kier alpha value is -2.64. The van der Waals surface area contributed by atoms with Gasteiger partial charge in [-0.3, -0.25) is 9.10 Å². The van der Waals surface area contributed by atoms with Crippen molar-refractivity contribution in [2.45, 2.75) is 25.7 Å². The van der Waals surface area contributed by atoms with Gasteiger partial charge in [-0.2, -0.15) is 0 Å². The zero-order valence-electron chi connectivity index (χ0n) is 17.0. The molecule has 1 amide bonds. The summed E-state index contributed by atoms with van der Waals surface area (Å²) in [5, 5.41) is 2.83. The van der Waals surface area contributed by atoms with Crippen LogP contribution < -0.4 is 9.62 Å². The number of anilines is 2. The number of halogens is 1. The Bertz CT molecular complexity index is 1180. The molecule has 0 aromatic heterocycles. The zero-order valence-corrected chi connectivity index (χ0v) is 19.4. The minimum atomic E-state index is -3.94. The van der Waals surface area contributed by atoms with Gasteiger partial charge in [0, 0.05) is 10.2 Å². The second-order valence-corrected chi connectivity index (χ2v) is 9.95. The predicted octanol–water partition coefficient (Wildman–Crippen LogP) is 5.21. The molecule has 0 saturated heterocycles. The van der Waals surface area contributed by atoms with Crippen molar-refractivity contribution in [3.63, 3.8) is 0 Å². The number of sulfonamides is 1. The SMILES string of the molecule is Cc1ccc(S(=O)(=O)N(CC(=O)Nc2ccc(C)cc2C)c2cccc(Br)c2)cc1. The number of benzene rings is 3. The van der Waals surface area contributed by atoms with Crippen molar-refractivity contribution in [2.75, 3.05) is 16.2 Å². The van der Waals surface area contributed by atoms with Crippen LogP contribution in [0.4, 0.5) is 11.4 Å². The molecule has 0 spiro atoms. The molecule has 0 radical (unpaired) electrons. The van der Waals surface area contributed by atoms with E-state index in [2.05, 4.69) is 21.2 Å². The lowest BCUT2D eigenvalue weighted by molar-refractivity contribution is -0.114. The highest BCUT2D eigenvalue weighted by Gasteiger charge is 2.27. The molecule has 0 aliphatic rings. The molecule has 1 N–H and O–H groups in total. The molecular weight excluding hydrogens is 464 g/mol. The molecular formula is C23H23BrN2O3S. The summed E-state index contributed by atoms with van der Waals surface area (Å²) in [6.07, 6.45) is 0. The first-order chi connectivity index (χ1) is 14.2. The van der Waals surface area contributed by atoms with Crippen LogP contribution in [0.5, 0.6) is 0 Å². The van der Waals surface area contributed by atoms with Gasteiger partial charge in [-0.15, -0.1) is 0 Å². The Morgan fingerprint density at radius 1 is 0.933 bits per heavy atom. The molecule has 0 aliphatic heterocycles. The van der Waals surface area contributed by atoms with Crippen molar-refractivity contribution in [1.82, 2.24) is 0 Å². The topological polar surface area (TPSA) is 66.5 Å². The third-order valence-electron chi connectivity index (χ3n) is 4.65. The Morgan fingerprint density at radius 3 is 2.23 bits per heavy atom. The Kier molecular flexibility index (Phi) is 6.63. The van der Waals surface area contributed by atoms with Crippen molar-refractivity contribution >= 4 is 43.2 Å². The van der Waals surface area contributed by atoms with E-state index in [1.54, 1.807) is 48.5 Å². The van der Waals surface area contributed by atoms with Crippen LogP contribution in [0.25, 0.3) is 0 Å². The minimum Gasteiger partial charge on any atom is -0.324 e. The van der Waals surface area contributed by atoms with Crippen LogP contribution in [-0.2, 0) is 14.8 Å². The van der Waals surface area contributed by atoms with Crippen LogP contribution >= 0.6 is 15.9 Å². The number of nitrogens with zero attached hydrogens (tertiary/aromatic N) is 1. The average molecular weight is 487 g/mol. The number of hydrogen-bond acceptors (Lipinski definition) is 3. The van der Waals surface area contributed by atoms with Gasteiger partial charge in [-0.05, 0) is 62.7 Å². The van der Waals surface area contributed by atoms with Gasteiger partial charge in [0.25, 0.3) is 10.0 Å². The van der Waals surface area contributed by atoms with Crippen molar-refractivity contribution in [1.29, 1.82) is 0 Å². The molecule has 0 bridgehead atoms. The number of carbonyl (C=O) groups excluding carboxylic acids is 1. The van der Waals surface area contributed by atoms with Crippen molar-refractivity contribution < 1.29 is 13.2 Å². The molecule has 0 fully saturated rings. The van der Waals surface area contributed by atoms with E-state index in [4.69, 9.17) is 0 Å². The van der Waals surface area contributed by atoms with E-state index >= 15 is 0 Å². The molecule has 30 heavy (non-hydrogen) atoms. The van der Waals surface area contributed by atoms with Gasteiger partial charge in [0.2, 0.25) is 5.91 Å². The van der Waals surface area contributed by atoms with Crippen molar-refractivity contribution in [3.8, 4) is 0 Å². The van der Waals surface area contributed by atoms with Gasteiger partial charge >= 0.3 is 0 Å². The molecule has 0 atom stereocenters. The second kappa shape index (κ2) is 9.02. The quantitative estimate of drug-likeness (QED) is 0.519. The lowest BCUT2D eigenvalue weighted by atomic mass is 10.1. The molecule has 0 unspecified atom stereocenters. The first kappa shape index (κ1) is 22.1. The molecule has 0 heterocycles. The van der Waals surface area contributed by atoms with Crippen molar-refractivity contribution in [3.05, 3.63) is 87.9 Å². The fraction of sp³-hybridized carbons (Fsp3) is 0.174. The maximum atomic E-state index is 13.4. The summed E-state index contributed by atoms with van der Waals surface area (Å²) in [6, 6.07) is 19.1. The number of aryl methyl sites for hydroxylation is 3. The summed E-state index contributed by atoms with van der Waals surface area (Å²) < 4.78 is 28.6. The molecule has 3 rings (SSSR count). The molecule has 7 heteroatoms. The third kappa shape index (κ3) is 5.09. The van der Waals surface area contributed by atoms with E-state index in [0.29, 0.717) is 11.4 Å². The fourth-order valence-electron chi connectivity index (χ4n) is 3.06. The molecule has 3 aromatic carbocycles. The summed E-state index contributed by atoms with van der Waals surface area (Å²) in [5.74, 6) is -0.419. The van der Waals surface area contributed by atoms with Crippen LogP contribution in [0.2, 0.25) is 0 Å². The maximum absolute atomic E-state index is 13.4. The highest BCUT2D eigenvalue weighted by atomic mass is 79.9. The zero-order chi connectivity index (χ0) is 21.9. The predicted molar refractivity (Wildman–Crippen MR) is 124 cm³/mol. The smallest absolute Gasteiger partial charge is 0.264 e. The Balaban J connectivity index is 1.95. The fourth-order valence-corrected chi connectivity index (χ4v) is 4.86.